The summed E-state index contributed by atoms with van der Waals surface area (Å²) in [7, 11) is 1.25. The number of nitrogens with one attached hydrogen (secondary N) is 2. The zero-order valence-electron chi connectivity index (χ0n) is 19.8. The van der Waals surface area contributed by atoms with Gasteiger partial charge in [-0.05, 0) is 41.7 Å². The molecule has 3 N–H and O–H groups in total. The van der Waals surface area contributed by atoms with E-state index < -0.39 is 28.2 Å². The second-order valence-corrected chi connectivity index (χ2v) is 7.89. The Morgan fingerprint density at radius 3 is 1.86 bits per heavy atom. The minimum absolute atomic E-state index is 0.149. The quantitative estimate of drug-likeness (QED) is 0.124. The first-order chi connectivity index (χ1) is 17.4. The molecular weight excluding hydrogens is 462 g/mol. The molecule has 0 aliphatic heterocycles. The lowest BCUT2D eigenvalue weighted by Crippen LogP contribution is -2.36. The normalized spacial score (nSPS) is 10.2. The molecule has 0 atom stereocenters. The number of nitro benzene ring substituents is 1. The third kappa shape index (κ3) is 7.17. The van der Waals surface area contributed by atoms with Crippen LogP contribution in [0.2, 0.25) is 0 Å². The summed E-state index contributed by atoms with van der Waals surface area (Å²) < 4.78 is 5.02. The maximum atomic E-state index is 13.0. The van der Waals surface area contributed by atoms with Gasteiger partial charge in [0.15, 0.2) is 5.75 Å². The summed E-state index contributed by atoms with van der Waals surface area (Å²) in [6.07, 6.45) is 2.37. The van der Waals surface area contributed by atoms with E-state index in [-0.39, 0.29) is 30.0 Å². The molecule has 0 saturated heterocycles. The van der Waals surface area contributed by atoms with E-state index in [9.17, 15) is 24.8 Å². The van der Waals surface area contributed by atoms with Gasteiger partial charge in [-0.2, -0.15) is 0 Å². The van der Waals surface area contributed by atoms with Crippen molar-refractivity contribution in [3.8, 4) is 11.5 Å². The van der Waals surface area contributed by atoms with Gasteiger partial charge in [0.2, 0.25) is 5.75 Å². The molecule has 9 nitrogen and oxygen atoms in total. The molecule has 36 heavy (non-hydrogen) atoms. The van der Waals surface area contributed by atoms with E-state index in [4.69, 9.17) is 4.74 Å². The third-order valence-corrected chi connectivity index (χ3v) is 5.38. The summed E-state index contributed by atoms with van der Waals surface area (Å²) >= 11 is 0. The number of carbonyl (C=O) groups excluding carboxylic acids is 2. The summed E-state index contributed by atoms with van der Waals surface area (Å²) in [5, 5.41) is 26.9. The molecule has 0 bridgehead atoms. The Bertz CT molecular complexity index is 1180. The van der Waals surface area contributed by atoms with Crippen molar-refractivity contribution in [2.24, 2.45) is 0 Å². The molecule has 0 saturated carbocycles. The highest BCUT2D eigenvalue weighted by atomic mass is 16.6. The average molecular weight is 490 g/mol. The molecule has 0 radical (unpaired) electrons. The summed E-state index contributed by atoms with van der Waals surface area (Å²) in [6.45, 7) is 0.576. The van der Waals surface area contributed by atoms with Gasteiger partial charge in [0.1, 0.15) is 5.57 Å². The van der Waals surface area contributed by atoms with Crippen LogP contribution in [-0.4, -0.2) is 42.0 Å². The van der Waals surface area contributed by atoms with E-state index in [0.29, 0.717) is 12.8 Å². The third-order valence-electron chi connectivity index (χ3n) is 5.38. The van der Waals surface area contributed by atoms with Gasteiger partial charge in [-0.1, -0.05) is 60.7 Å². The molecule has 0 fully saturated rings. The van der Waals surface area contributed by atoms with Crippen molar-refractivity contribution < 1.29 is 24.4 Å². The average Bonchev–Trinajstić information content (AvgIpc) is 2.88. The van der Waals surface area contributed by atoms with Crippen LogP contribution in [0.25, 0.3) is 6.08 Å². The lowest BCUT2D eigenvalue weighted by molar-refractivity contribution is -0.386. The summed E-state index contributed by atoms with van der Waals surface area (Å²) in [4.78, 5) is 36.6. The zero-order valence-corrected chi connectivity index (χ0v) is 19.8. The molecule has 3 aromatic carbocycles. The molecule has 186 valence electrons. The number of carbonyl (C=O) groups is 2. The van der Waals surface area contributed by atoms with Gasteiger partial charge in [-0.15, -0.1) is 0 Å². The number of nitro groups is 1. The van der Waals surface area contributed by atoms with Gasteiger partial charge in [0, 0.05) is 19.2 Å². The second-order valence-electron chi connectivity index (χ2n) is 7.89. The number of methoxy groups -OCH3 is 1. The minimum atomic E-state index is -0.769. The van der Waals surface area contributed by atoms with Crippen LogP contribution in [-0.2, 0) is 22.4 Å². The SMILES string of the molecule is COc1cc(C=C(C(=O)NCCc2ccccc2)C(=O)NCCc2ccccc2)cc([N+](=O)[O-])c1O. The number of hydrogen-bond donors (Lipinski definition) is 3. The van der Waals surface area contributed by atoms with Gasteiger partial charge in [0.25, 0.3) is 11.8 Å². The van der Waals surface area contributed by atoms with E-state index in [1.54, 1.807) is 0 Å². The Kier molecular flexibility index (Phi) is 9.16. The fourth-order valence-electron chi connectivity index (χ4n) is 3.51. The van der Waals surface area contributed by atoms with E-state index in [1.165, 1.54) is 19.3 Å². The molecule has 0 aliphatic rings. The number of aromatic hydroxyl groups is 1. The van der Waals surface area contributed by atoms with Crippen molar-refractivity contribution in [2.75, 3.05) is 20.2 Å². The minimum Gasteiger partial charge on any atom is -0.500 e. The molecule has 0 unspecified atom stereocenters. The van der Waals surface area contributed by atoms with Crippen LogP contribution in [0.15, 0.2) is 78.4 Å². The molecule has 2 amide bonds. The molecule has 0 aliphatic carbocycles. The smallest absolute Gasteiger partial charge is 0.315 e. The number of phenolic OH excluding ortho intramolecular Hbond substituents is 1. The van der Waals surface area contributed by atoms with Crippen molar-refractivity contribution in [3.63, 3.8) is 0 Å². The first-order valence-electron chi connectivity index (χ1n) is 11.3. The van der Waals surface area contributed by atoms with Gasteiger partial charge in [0.05, 0.1) is 12.0 Å². The van der Waals surface area contributed by atoms with Gasteiger partial charge < -0.3 is 20.5 Å². The van der Waals surface area contributed by atoms with Crippen LogP contribution in [0.1, 0.15) is 16.7 Å². The predicted molar refractivity (Wildman–Crippen MR) is 136 cm³/mol. The van der Waals surface area contributed by atoms with Crippen LogP contribution < -0.4 is 15.4 Å². The highest BCUT2D eigenvalue weighted by Crippen LogP contribution is 2.37. The maximum Gasteiger partial charge on any atom is 0.315 e. The Morgan fingerprint density at radius 2 is 1.42 bits per heavy atom. The topological polar surface area (TPSA) is 131 Å². The van der Waals surface area contributed by atoms with Crippen molar-refractivity contribution in [1.82, 2.24) is 10.6 Å². The Hall–Kier alpha value is -4.66. The van der Waals surface area contributed by atoms with Crippen LogP contribution >= 0.6 is 0 Å². The highest BCUT2D eigenvalue weighted by Gasteiger charge is 2.22. The summed E-state index contributed by atoms with van der Waals surface area (Å²) in [5.41, 5.74) is 1.37. The fourth-order valence-corrected chi connectivity index (χ4v) is 3.51. The molecule has 3 aromatic rings. The largest absolute Gasteiger partial charge is 0.500 e. The predicted octanol–water partition coefficient (Wildman–Crippen LogP) is 3.41. The Morgan fingerprint density at radius 1 is 0.917 bits per heavy atom. The van der Waals surface area contributed by atoms with E-state index in [1.807, 2.05) is 60.7 Å². The number of nitrogens with zero attached hydrogens (tertiary/aromatic N) is 1. The van der Waals surface area contributed by atoms with E-state index in [0.717, 1.165) is 17.2 Å². The number of ether oxygens (including phenoxy) is 1. The van der Waals surface area contributed by atoms with Crippen molar-refractivity contribution in [3.05, 3.63) is 105 Å². The zero-order chi connectivity index (χ0) is 25.9. The lowest BCUT2D eigenvalue weighted by atomic mass is 10.1. The number of benzene rings is 3. The molecule has 0 aromatic heterocycles. The number of amides is 2. The van der Waals surface area contributed by atoms with Crippen LogP contribution in [0.3, 0.4) is 0 Å². The Balaban J connectivity index is 1.82. The fraction of sp³-hybridized carbons (Fsp3) is 0.185. The molecule has 0 heterocycles. The number of hydrogen-bond acceptors (Lipinski definition) is 6. The molecular formula is C27H27N3O6. The highest BCUT2D eigenvalue weighted by molar-refractivity contribution is 6.21. The van der Waals surface area contributed by atoms with Gasteiger partial charge in [-0.25, -0.2) is 0 Å². The van der Waals surface area contributed by atoms with Gasteiger partial charge >= 0.3 is 5.69 Å². The molecule has 0 spiro atoms. The van der Waals surface area contributed by atoms with Crippen LogP contribution in [0.4, 0.5) is 5.69 Å². The molecule has 3 rings (SSSR count). The first kappa shape index (κ1) is 26.0. The number of phenols is 1. The maximum absolute atomic E-state index is 13.0. The van der Waals surface area contributed by atoms with E-state index in [2.05, 4.69) is 10.6 Å². The van der Waals surface area contributed by atoms with Crippen molar-refractivity contribution >= 4 is 23.6 Å². The summed E-state index contributed by atoms with van der Waals surface area (Å²) in [5.74, 6) is -2.04. The Labute approximate surface area is 208 Å². The summed E-state index contributed by atoms with van der Waals surface area (Å²) in [6, 6.07) is 21.5. The van der Waals surface area contributed by atoms with E-state index >= 15 is 0 Å². The standard InChI is InChI=1S/C27H27N3O6/c1-36-24-18-21(17-23(25(24)31)30(34)35)16-22(26(32)28-14-12-19-8-4-2-5-9-19)27(33)29-15-13-20-10-6-3-7-11-20/h2-11,16-18,31H,12-15H2,1H3,(H,28,32)(H,29,33). The number of rotatable bonds is 11. The van der Waals surface area contributed by atoms with Gasteiger partial charge in [-0.3, -0.25) is 19.7 Å². The van der Waals surface area contributed by atoms with Crippen molar-refractivity contribution in [1.29, 1.82) is 0 Å². The van der Waals surface area contributed by atoms with Crippen LogP contribution in [0, 0.1) is 10.1 Å². The monoisotopic (exact) mass is 489 g/mol. The first-order valence-corrected chi connectivity index (χ1v) is 11.3. The lowest BCUT2D eigenvalue weighted by Gasteiger charge is -2.11. The second kappa shape index (κ2) is 12.7. The molecule has 9 heteroatoms. The van der Waals surface area contributed by atoms with Crippen LogP contribution in [0.5, 0.6) is 11.5 Å². The van der Waals surface area contributed by atoms with Crippen molar-refractivity contribution in [2.45, 2.75) is 12.8 Å².